The average Bonchev–Trinajstić information content (AvgIpc) is 3.52. The number of benzene rings is 1. The molecule has 0 radical (unpaired) electrons. The van der Waals surface area contributed by atoms with Crippen LogP contribution >= 0.6 is 0 Å². The second kappa shape index (κ2) is 7.69. The van der Waals surface area contributed by atoms with Gasteiger partial charge in [0.1, 0.15) is 11.6 Å². The second-order valence-electron chi connectivity index (χ2n) is 7.90. The Hall–Kier alpha value is -2.85. The predicted molar refractivity (Wildman–Crippen MR) is 112 cm³/mol. The minimum absolute atomic E-state index is 0.0120. The van der Waals surface area contributed by atoms with Crippen molar-refractivity contribution in [1.29, 1.82) is 0 Å². The predicted octanol–water partition coefficient (Wildman–Crippen LogP) is 2.97. The molecule has 0 atom stereocenters. The number of hydrogen-bond acceptors (Lipinski definition) is 7. The van der Waals surface area contributed by atoms with Gasteiger partial charge in [0.25, 0.3) is 5.89 Å². The summed E-state index contributed by atoms with van der Waals surface area (Å²) in [5.74, 6) is 1.57. The van der Waals surface area contributed by atoms with Crippen molar-refractivity contribution in [2.75, 3.05) is 31.1 Å². The summed E-state index contributed by atoms with van der Waals surface area (Å²) >= 11 is 0. The summed E-state index contributed by atoms with van der Waals surface area (Å²) in [4.78, 5) is 6.53. The quantitative estimate of drug-likeness (QED) is 0.599. The van der Waals surface area contributed by atoms with Gasteiger partial charge >= 0.3 is 0 Å². The molecule has 0 spiro atoms. The molecule has 0 amide bonds. The van der Waals surface area contributed by atoms with E-state index in [1.807, 2.05) is 17.0 Å². The molecule has 8 nitrogen and oxygen atoms in total. The third-order valence-corrected chi connectivity index (χ3v) is 7.73. The Morgan fingerprint density at radius 1 is 1.10 bits per heavy atom. The SMILES string of the molecule is Cc1ccc(F)cc1S(=O)(=O)N1CCN(c2ncccc2-c2nnc(C3CC3)o2)CC1. The highest BCUT2D eigenvalue weighted by atomic mass is 32.2. The molecule has 2 aliphatic rings. The number of sulfonamides is 1. The molecule has 0 unspecified atom stereocenters. The van der Waals surface area contributed by atoms with Crippen molar-refractivity contribution in [2.45, 2.75) is 30.6 Å². The molecule has 1 saturated heterocycles. The van der Waals surface area contributed by atoms with Crippen LogP contribution in [0.25, 0.3) is 11.5 Å². The Balaban J connectivity index is 1.36. The fourth-order valence-electron chi connectivity index (χ4n) is 3.79. The Morgan fingerprint density at radius 3 is 2.61 bits per heavy atom. The first-order valence-corrected chi connectivity index (χ1v) is 11.7. The molecular weight excluding hydrogens is 421 g/mol. The summed E-state index contributed by atoms with van der Waals surface area (Å²) in [6.45, 7) is 3.10. The lowest BCUT2D eigenvalue weighted by Crippen LogP contribution is -2.49. The Kier molecular flexibility index (Phi) is 4.98. The highest BCUT2D eigenvalue weighted by molar-refractivity contribution is 7.89. The fourth-order valence-corrected chi connectivity index (χ4v) is 5.44. The molecule has 10 heteroatoms. The molecule has 0 N–H and O–H groups in total. The van der Waals surface area contributed by atoms with Crippen LogP contribution in [-0.2, 0) is 10.0 Å². The molecule has 1 aliphatic heterocycles. The van der Waals surface area contributed by atoms with Crippen LogP contribution in [0.1, 0.15) is 30.2 Å². The summed E-state index contributed by atoms with van der Waals surface area (Å²) in [6.07, 6.45) is 3.84. The van der Waals surface area contributed by atoms with E-state index in [1.165, 1.54) is 16.4 Å². The van der Waals surface area contributed by atoms with E-state index in [0.717, 1.165) is 24.5 Å². The molecular formula is C21H22FN5O3S. The Bertz CT molecular complexity index is 1220. The van der Waals surface area contributed by atoms with Gasteiger partial charge in [-0.05, 0) is 49.6 Å². The van der Waals surface area contributed by atoms with Gasteiger partial charge in [-0.15, -0.1) is 10.2 Å². The first-order chi connectivity index (χ1) is 14.9. The number of rotatable bonds is 5. The second-order valence-corrected chi connectivity index (χ2v) is 9.80. The van der Waals surface area contributed by atoms with Crippen LogP contribution in [0.4, 0.5) is 10.2 Å². The van der Waals surface area contributed by atoms with Crippen LogP contribution in [0.5, 0.6) is 0 Å². The summed E-state index contributed by atoms with van der Waals surface area (Å²) in [5, 5.41) is 8.34. The number of anilines is 1. The van der Waals surface area contributed by atoms with Crippen molar-refractivity contribution in [3.8, 4) is 11.5 Å². The molecule has 1 saturated carbocycles. The summed E-state index contributed by atoms with van der Waals surface area (Å²) < 4.78 is 47.0. The highest BCUT2D eigenvalue weighted by Gasteiger charge is 2.33. The molecule has 2 aromatic heterocycles. The van der Waals surface area contributed by atoms with E-state index >= 15 is 0 Å². The number of hydrogen-bond donors (Lipinski definition) is 0. The topological polar surface area (TPSA) is 92.4 Å². The van der Waals surface area contributed by atoms with Gasteiger partial charge in [-0.2, -0.15) is 4.31 Å². The lowest BCUT2D eigenvalue weighted by molar-refractivity contribution is 0.383. The Labute approximate surface area is 179 Å². The standard InChI is InChI=1S/C21H22FN5O3S/c1-14-4-7-16(22)13-18(14)31(28,29)27-11-9-26(10-12-27)19-17(3-2-8-23-19)21-25-24-20(30-21)15-5-6-15/h2-4,7-8,13,15H,5-6,9-12H2,1H3. The Morgan fingerprint density at radius 2 is 1.87 bits per heavy atom. The van der Waals surface area contributed by atoms with E-state index in [-0.39, 0.29) is 18.0 Å². The van der Waals surface area contributed by atoms with E-state index in [1.54, 1.807) is 13.1 Å². The molecule has 5 rings (SSSR count). The lowest BCUT2D eigenvalue weighted by atomic mass is 10.2. The third kappa shape index (κ3) is 3.81. The number of nitrogens with zero attached hydrogens (tertiary/aromatic N) is 5. The van der Waals surface area contributed by atoms with Gasteiger partial charge in [0.2, 0.25) is 15.9 Å². The van der Waals surface area contributed by atoms with Crippen molar-refractivity contribution in [3.63, 3.8) is 0 Å². The number of aromatic nitrogens is 3. The largest absolute Gasteiger partial charge is 0.420 e. The molecule has 2 fully saturated rings. The van der Waals surface area contributed by atoms with E-state index in [4.69, 9.17) is 4.42 Å². The smallest absolute Gasteiger partial charge is 0.251 e. The molecule has 1 aliphatic carbocycles. The molecule has 162 valence electrons. The fraction of sp³-hybridized carbons (Fsp3) is 0.381. The minimum Gasteiger partial charge on any atom is -0.420 e. The van der Waals surface area contributed by atoms with Gasteiger partial charge in [-0.25, -0.2) is 17.8 Å². The first kappa shape index (κ1) is 20.1. The van der Waals surface area contributed by atoms with E-state index in [9.17, 15) is 12.8 Å². The van der Waals surface area contributed by atoms with Crippen LogP contribution in [-0.4, -0.2) is 54.1 Å². The highest BCUT2D eigenvalue weighted by Crippen LogP contribution is 2.40. The van der Waals surface area contributed by atoms with Gasteiger partial charge in [-0.1, -0.05) is 6.07 Å². The third-order valence-electron chi connectivity index (χ3n) is 5.69. The maximum absolute atomic E-state index is 13.7. The zero-order valence-electron chi connectivity index (χ0n) is 17.0. The molecule has 3 heterocycles. The number of aryl methyl sites for hydroxylation is 1. The molecule has 0 bridgehead atoms. The van der Waals surface area contributed by atoms with E-state index in [2.05, 4.69) is 15.2 Å². The van der Waals surface area contributed by atoms with Gasteiger partial charge < -0.3 is 9.32 Å². The first-order valence-electron chi connectivity index (χ1n) is 10.2. The lowest BCUT2D eigenvalue weighted by Gasteiger charge is -2.35. The van der Waals surface area contributed by atoms with Gasteiger partial charge in [0, 0.05) is 38.3 Å². The van der Waals surface area contributed by atoms with Crippen LogP contribution < -0.4 is 4.90 Å². The van der Waals surface area contributed by atoms with Crippen LogP contribution in [0.15, 0.2) is 45.8 Å². The van der Waals surface area contributed by atoms with Gasteiger partial charge in [0.05, 0.1) is 10.5 Å². The van der Waals surface area contributed by atoms with E-state index in [0.29, 0.717) is 42.2 Å². The van der Waals surface area contributed by atoms with E-state index < -0.39 is 15.8 Å². The van der Waals surface area contributed by atoms with Crippen LogP contribution in [0, 0.1) is 12.7 Å². The summed E-state index contributed by atoms with van der Waals surface area (Å²) in [6, 6.07) is 7.53. The number of piperazine rings is 1. The zero-order valence-corrected chi connectivity index (χ0v) is 17.8. The van der Waals surface area contributed by atoms with Crippen molar-refractivity contribution in [1.82, 2.24) is 19.5 Å². The van der Waals surface area contributed by atoms with Crippen molar-refractivity contribution in [3.05, 3.63) is 53.8 Å². The zero-order chi connectivity index (χ0) is 21.6. The molecule has 3 aromatic rings. The molecule has 1 aromatic carbocycles. The summed E-state index contributed by atoms with van der Waals surface area (Å²) in [5.41, 5.74) is 1.26. The normalized spacial score (nSPS) is 17.8. The number of pyridine rings is 1. The monoisotopic (exact) mass is 443 g/mol. The van der Waals surface area contributed by atoms with Crippen molar-refractivity contribution < 1.29 is 17.2 Å². The minimum atomic E-state index is -3.78. The van der Waals surface area contributed by atoms with Gasteiger partial charge in [0.15, 0.2) is 0 Å². The van der Waals surface area contributed by atoms with Crippen LogP contribution in [0.3, 0.4) is 0 Å². The number of halogens is 1. The summed E-state index contributed by atoms with van der Waals surface area (Å²) in [7, 11) is -3.78. The maximum atomic E-state index is 13.7. The maximum Gasteiger partial charge on any atom is 0.251 e. The van der Waals surface area contributed by atoms with Gasteiger partial charge in [-0.3, -0.25) is 0 Å². The van der Waals surface area contributed by atoms with Crippen molar-refractivity contribution in [2.24, 2.45) is 0 Å². The van der Waals surface area contributed by atoms with Crippen molar-refractivity contribution >= 4 is 15.8 Å². The van der Waals surface area contributed by atoms with Crippen LogP contribution in [0.2, 0.25) is 0 Å². The molecule has 31 heavy (non-hydrogen) atoms. The average molecular weight is 444 g/mol.